The van der Waals surface area contributed by atoms with E-state index in [-0.39, 0.29) is 16.2 Å². The summed E-state index contributed by atoms with van der Waals surface area (Å²) >= 11 is 11.5. The largest absolute Gasteiger partial charge is 0.545 e. The monoisotopic (exact) mass is 419 g/mol. The Morgan fingerprint density at radius 3 is 2.15 bits per heavy atom. The van der Waals surface area contributed by atoms with Crippen molar-refractivity contribution in [3.05, 3.63) is 40.2 Å². The number of carbonyl (C=O) groups excluding carboxylic acids is 2. The molecule has 0 aliphatic heterocycles. The smallest absolute Gasteiger partial charge is 0.328 e. The average molecular weight is 420 g/mol. The molecule has 1 aromatic heterocycles. The van der Waals surface area contributed by atoms with Gasteiger partial charge in [-0.15, -0.1) is 0 Å². The minimum atomic E-state index is -1.51. The number of pyridine rings is 1. The second kappa shape index (κ2) is 14.0. The first kappa shape index (κ1) is 24.8. The number of carboxylic acids is 2. The van der Waals surface area contributed by atoms with E-state index in [0.29, 0.717) is 24.3 Å². The Bertz CT molecular complexity index is 628. The van der Waals surface area contributed by atoms with Crippen molar-refractivity contribution in [3.63, 3.8) is 0 Å². The van der Waals surface area contributed by atoms with E-state index >= 15 is 0 Å². The van der Waals surface area contributed by atoms with Gasteiger partial charge in [-0.3, -0.25) is 4.79 Å². The van der Waals surface area contributed by atoms with Crippen molar-refractivity contribution in [1.82, 2.24) is 10.3 Å². The molecule has 1 amide bonds. The van der Waals surface area contributed by atoms with Crippen molar-refractivity contribution in [2.75, 3.05) is 26.2 Å². The molecule has 0 saturated carbocycles. The van der Waals surface area contributed by atoms with Gasteiger partial charge in [0.25, 0.3) is 5.91 Å². The van der Waals surface area contributed by atoms with E-state index in [2.05, 4.69) is 24.1 Å². The van der Waals surface area contributed by atoms with E-state index in [4.69, 9.17) is 28.3 Å². The molecule has 1 rings (SSSR count). The number of carbonyl (C=O) groups is 3. The summed E-state index contributed by atoms with van der Waals surface area (Å²) in [4.78, 5) is 36.2. The minimum absolute atomic E-state index is 0.166. The lowest BCUT2D eigenvalue weighted by molar-refractivity contribution is -0.896. The number of rotatable bonds is 9. The number of aromatic nitrogens is 1. The molecule has 0 aliphatic rings. The maximum Gasteiger partial charge on any atom is 0.328 e. The standard InChI is InChI=1S/C13H19Cl2N3O.C4H4O4/c1-3-18(4-2)7-5-6-16-13(19)10-8-11(14)17-12(15)9-10;5-3(6)1-2-4(7)8/h8-9H,3-7H2,1-2H3,(H,16,19);1-2H,(H,5,6)(H,7,8)/b;2-1+. The Morgan fingerprint density at radius 1 is 1.19 bits per heavy atom. The van der Waals surface area contributed by atoms with Crippen LogP contribution in [-0.2, 0) is 9.59 Å². The molecule has 1 heterocycles. The van der Waals surface area contributed by atoms with Gasteiger partial charge in [0.05, 0.1) is 25.6 Å². The van der Waals surface area contributed by atoms with Gasteiger partial charge < -0.3 is 25.2 Å². The summed E-state index contributed by atoms with van der Waals surface area (Å²) in [5.41, 5.74) is 0.445. The summed E-state index contributed by atoms with van der Waals surface area (Å²) in [7, 11) is 0. The Morgan fingerprint density at radius 2 is 1.74 bits per heavy atom. The van der Waals surface area contributed by atoms with Crippen LogP contribution >= 0.6 is 23.2 Å². The zero-order valence-corrected chi connectivity index (χ0v) is 16.6. The molecule has 0 radical (unpaired) electrons. The van der Waals surface area contributed by atoms with Crippen molar-refractivity contribution < 1.29 is 29.5 Å². The highest BCUT2D eigenvalue weighted by Gasteiger charge is 2.09. The van der Waals surface area contributed by atoms with Crippen molar-refractivity contribution >= 4 is 41.0 Å². The molecular formula is C17H23Cl2N3O5. The fourth-order valence-electron chi connectivity index (χ4n) is 1.98. The predicted octanol–water partition coefficient (Wildman–Crippen LogP) is -0.190. The molecule has 0 aliphatic carbocycles. The number of nitrogens with zero attached hydrogens (tertiary/aromatic N) is 1. The van der Waals surface area contributed by atoms with Crippen LogP contribution in [0.1, 0.15) is 30.6 Å². The zero-order valence-electron chi connectivity index (χ0n) is 15.1. The van der Waals surface area contributed by atoms with Crippen LogP contribution in [0.4, 0.5) is 0 Å². The van der Waals surface area contributed by atoms with Crippen molar-refractivity contribution in [1.29, 1.82) is 0 Å². The lowest BCUT2D eigenvalue weighted by Crippen LogP contribution is -3.11. The molecule has 0 fully saturated rings. The van der Waals surface area contributed by atoms with Gasteiger partial charge in [-0.1, -0.05) is 23.2 Å². The topological polar surface area (TPSA) is 124 Å². The lowest BCUT2D eigenvalue weighted by atomic mass is 10.2. The van der Waals surface area contributed by atoms with Gasteiger partial charge in [0.2, 0.25) is 0 Å². The maximum atomic E-state index is 11.9. The van der Waals surface area contributed by atoms with E-state index in [9.17, 15) is 19.5 Å². The van der Waals surface area contributed by atoms with Gasteiger partial charge in [0.1, 0.15) is 10.3 Å². The van der Waals surface area contributed by atoms with E-state index < -0.39 is 11.9 Å². The number of aliphatic carboxylic acids is 2. The van der Waals surface area contributed by atoms with Gasteiger partial charge in [0.15, 0.2) is 0 Å². The van der Waals surface area contributed by atoms with Gasteiger partial charge >= 0.3 is 5.97 Å². The van der Waals surface area contributed by atoms with Crippen molar-refractivity contribution in [3.8, 4) is 0 Å². The van der Waals surface area contributed by atoms with Crippen LogP contribution in [-0.4, -0.2) is 54.1 Å². The van der Waals surface area contributed by atoms with Crippen molar-refractivity contribution in [2.24, 2.45) is 0 Å². The number of hydrogen-bond donors (Lipinski definition) is 3. The molecular weight excluding hydrogens is 397 g/mol. The molecule has 3 N–H and O–H groups in total. The van der Waals surface area contributed by atoms with Gasteiger partial charge in [-0.05, 0) is 32.1 Å². The van der Waals surface area contributed by atoms with Crippen LogP contribution in [0, 0.1) is 0 Å². The fourth-order valence-corrected chi connectivity index (χ4v) is 2.44. The molecule has 150 valence electrons. The molecule has 27 heavy (non-hydrogen) atoms. The number of hydrogen-bond acceptors (Lipinski definition) is 5. The Labute approximate surface area is 167 Å². The van der Waals surface area contributed by atoms with Crippen LogP contribution < -0.4 is 15.3 Å². The fraction of sp³-hybridized carbons (Fsp3) is 0.412. The summed E-state index contributed by atoms with van der Waals surface area (Å²) in [5.74, 6) is -2.97. The van der Waals surface area contributed by atoms with Gasteiger partial charge in [-0.25, -0.2) is 9.78 Å². The highest BCUT2D eigenvalue weighted by Crippen LogP contribution is 2.14. The van der Waals surface area contributed by atoms with Crippen LogP contribution in [0.5, 0.6) is 0 Å². The number of quaternary nitrogens is 1. The summed E-state index contributed by atoms with van der Waals surface area (Å²) in [5, 5.41) is 20.5. The minimum Gasteiger partial charge on any atom is -0.545 e. The lowest BCUT2D eigenvalue weighted by Gasteiger charge is -2.15. The highest BCUT2D eigenvalue weighted by atomic mass is 35.5. The molecule has 8 nitrogen and oxygen atoms in total. The molecule has 1 aromatic rings. The van der Waals surface area contributed by atoms with E-state index in [1.165, 1.54) is 17.0 Å². The molecule has 0 atom stereocenters. The third kappa shape index (κ3) is 12.8. The molecule has 10 heteroatoms. The Balaban J connectivity index is 0.000000713. The first-order chi connectivity index (χ1) is 12.7. The van der Waals surface area contributed by atoms with Crippen LogP contribution in [0.2, 0.25) is 10.3 Å². The summed E-state index contributed by atoms with van der Waals surface area (Å²) in [6, 6.07) is 3.02. The third-order valence-electron chi connectivity index (χ3n) is 3.38. The van der Waals surface area contributed by atoms with E-state index in [0.717, 1.165) is 26.1 Å². The molecule has 0 unspecified atom stereocenters. The SMILES string of the molecule is CC[NH+](CC)CCCNC(=O)c1cc(Cl)nc(Cl)c1.O=C([O-])/C=C/C(=O)O. The zero-order chi connectivity index (χ0) is 20.8. The van der Waals surface area contributed by atoms with Crippen molar-refractivity contribution in [2.45, 2.75) is 20.3 Å². The first-order valence-corrected chi connectivity index (χ1v) is 9.02. The second-order valence-electron chi connectivity index (χ2n) is 5.31. The Hall–Kier alpha value is -2.16. The molecule has 0 saturated heterocycles. The van der Waals surface area contributed by atoms with Crippen LogP contribution in [0.15, 0.2) is 24.3 Å². The molecule has 0 aromatic carbocycles. The maximum absolute atomic E-state index is 11.9. The molecule has 0 spiro atoms. The number of amides is 1. The first-order valence-electron chi connectivity index (χ1n) is 8.26. The average Bonchev–Trinajstić information content (AvgIpc) is 2.59. The van der Waals surface area contributed by atoms with E-state index in [1.807, 2.05) is 0 Å². The number of nitrogens with one attached hydrogen (secondary N) is 2. The highest BCUT2D eigenvalue weighted by molar-refractivity contribution is 6.33. The van der Waals surface area contributed by atoms with Gasteiger partial charge in [0, 0.05) is 24.6 Å². The van der Waals surface area contributed by atoms with Crippen LogP contribution in [0.3, 0.4) is 0 Å². The van der Waals surface area contributed by atoms with Crippen LogP contribution in [0.25, 0.3) is 0 Å². The predicted molar refractivity (Wildman–Crippen MR) is 99.9 cm³/mol. The van der Waals surface area contributed by atoms with Gasteiger partial charge in [-0.2, -0.15) is 0 Å². The second-order valence-corrected chi connectivity index (χ2v) is 6.08. The summed E-state index contributed by atoms with van der Waals surface area (Å²) in [6.07, 6.45) is 1.90. The van der Waals surface area contributed by atoms with E-state index in [1.54, 1.807) is 0 Å². The number of carboxylic acid groups (broad SMARTS) is 2. The summed E-state index contributed by atoms with van der Waals surface area (Å²) in [6.45, 7) is 8.27. The Kier molecular flexibility index (Phi) is 12.8. The number of halogens is 2. The normalized spacial score (nSPS) is 10.4. The molecule has 0 bridgehead atoms. The third-order valence-corrected chi connectivity index (χ3v) is 3.77. The quantitative estimate of drug-likeness (QED) is 0.289. The summed E-state index contributed by atoms with van der Waals surface area (Å²) < 4.78 is 0.